The maximum atomic E-state index is 8.85. The Morgan fingerprint density at radius 3 is 2.88 bits per heavy atom. The van der Waals surface area contributed by atoms with Crippen LogP contribution in [-0.4, -0.2) is 14.9 Å². The first-order valence-corrected chi connectivity index (χ1v) is 2.55. The summed E-state index contributed by atoms with van der Waals surface area (Å²) in [5, 5.41) is 12.7. The van der Waals surface area contributed by atoms with Crippen molar-refractivity contribution in [1.29, 1.82) is 0 Å². The average Bonchev–Trinajstić information content (AvgIpc) is 2.14. The van der Waals surface area contributed by atoms with Crippen molar-refractivity contribution in [2.24, 2.45) is 0 Å². The molecule has 1 N–H and O–H groups in total. The molecule has 0 aliphatic heterocycles. The molecule has 0 spiro atoms. The Morgan fingerprint density at radius 1 is 1.88 bits per heavy atom. The van der Waals surface area contributed by atoms with Gasteiger partial charge in [-0.25, -0.2) is 4.68 Å². The maximum Gasteiger partial charge on any atom is 0.209 e. The van der Waals surface area contributed by atoms with Gasteiger partial charge in [-0.3, -0.25) is 0 Å². The fraction of sp³-hybridized carbons (Fsp3) is 0.400. The van der Waals surface area contributed by atoms with Gasteiger partial charge in [0.25, 0.3) is 0 Å². The van der Waals surface area contributed by atoms with Gasteiger partial charge in [0, 0.05) is 12.6 Å². The Kier molecular flexibility index (Phi) is 1.20. The minimum absolute atomic E-state index is 0.229. The molecule has 0 aliphatic carbocycles. The summed E-state index contributed by atoms with van der Waals surface area (Å²) in [5.74, 6) is 0.229. The molecule has 3 nitrogen and oxygen atoms in total. The summed E-state index contributed by atoms with van der Waals surface area (Å²) in [6.45, 7) is 2.64. The zero-order chi connectivity index (χ0) is 5.98. The number of hydrogen-bond acceptors (Lipinski definition) is 2. The van der Waals surface area contributed by atoms with Crippen LogP contribution in [0.25, 0.3) is 0 Å². The maximum absolute atomic E-state index is 8.85. The van der Waals surface area contributed by atoms with Crippen LogP contribution >= 0.6 is 0 Å². The van der Waals surface area contributed by atoms with Crippen LogP contribution in [0.3, 0.4) is 0 Å². The first-order chi connectivity index (χ1) is 3.84. The van der Waals surface area contributed by atoms with E-state index in [4.69, 9.17) is 5.11 Å². The lowest BCUT2D eigenvalue weighted by molar-refractivity contribution is 0.405. The quantitative estimate of drug-likeness (QED) is 0.578. The second-order valence-electron chi connectivity index (χ2n) is 1.51. The van der Waals surface area contributed by atoms with E-state index in [1.807, 2.05) is 6.92 Å². The molecule has 0 aromatic carbocycles. The van der Waals surface area contributed by atoms with Crippen molar-refractivity contribution in [2.45, 2.75) is 13.5 Å². The van der Waals surface area contributed by atoms with Crippen molar-refractivity contribution in [1.82, 2.24) is 9.78 Å². The highest BCUT2D eigenvalue weighted by atomic mass is 16.3. The van der Waals surface area contributed by atoms with Crippen molar-refractivity contribution < 1.29 is 5.11 Å². The number of hydrogen-bond donors (Lipinski definition) is 1. The first-order valence-electron chi connectivity index (χ1n) is 2.55. The van der Waals surface area contributed by atoms with E-state index in [1.165, 1.54) is 4.68 Å². The molecule has 0 amide bonds. The molecule has 0 unspecified atom stereocenters. The van der Waals surface area contributed by atoms with E-state index >= 15 is 0 Å². The van der Waals surface area contributed by atoms with E-state index in [2.05, 4.69) is 5.10 Å². The molecule has 1 aromatic heterocycles. The van der Waals surface area contributed by atoms with Crippen molar-refractivity contribution in [2.75, 3.05) is 0 Å². The normalized spacial score (nSPS) is 9.62. The Hall–Kier alpha value is -0.990. The second kappa shape index (κ2) is 1.86. The molecular weight excluding hydrogens is 104 g/mol. The number of aryl methyl sites for hydroxylation is 1. The van der Waals surface area contributed by atoms with Crippen LogP contribution in [0.15, 0.2) is 12.3 Å². The minimum atomic E-state index is 0.229. The standard InChI is InChI=1S/C5H8N2O/c1-2-7-5(8)3-4-6-7/h3-4,8H,2H2,1H3. The van der Waals surface area contributed by atoms with E-state index in [0.717, 1.165) is 6.54 Å². The predicted molar refractivity (Wildman–Crippen MR) is 29.6 cm³/mol. The van der Waals surface area contributed by atoms with Crippen LogP contribution in [0.2, 0.25) is 0 Å². The molecule has 0 fully saturated rings. The third-order valence-corrected chi connectivity index (χ3v) is 0.994. The van der Waals surface area contributed by atoms with Crippen LogP contribution in [0.5, 0.6) is 5.88 Å². The molecule has 0 aliphatic rings. The molecule has 0 atom stereocenters. The Morgan fingerprint density at radius 2 is 2.62 bits per heavy atom. The van der Waals surface area contributed by atoms with Crippen LogP contribution < -0.4 is 0 Å². The van der Waals surface area contributed by atoms with Gasteiger partial charge in [-0.2, -0.15) is 5.10 Å². The third kappa shape index (κ3) is 0.665. The van der Waals surface area contributed by atoms with Gasteiger partial charge in [-0.15, -0.1) is 0 Å². The molecule has 3 heteroatoms. The SMILES string of the molecule is CCn1nccc1O. The van der Waals surface area contributed by atoms with E-state index in [-0.39, 0.29) is 5.88 Å². The van der Waals surface area contributed by atoms with Gasteiger partial charge in [0.2, 0.25) is 5.88 Å². The van der Waals surface area contributed by atoms with Crippen molar-refractivity contribution in [3.8, 4) is 5.88 Å². The summed E-state index contributed by atoms with van der Waals surface area (Å²) in [5.41, 5.74) is 0. The molecule has 1 aromatic rings. The molecule has 0 radical (unpaired) electrons. The minimum Gasteiger partial charge on any atom is -0.493 e. The van der Waals surface area contributed by atoms with Crippen molar-refractivity contribution >= 4 is 0 Å². The lowest BCUT2D eigenvalue weighted by atomic mass is 10.7. The zero-order valence-corrected chi connectivity index (χ0v) is 4.70. The number of aromatic hydroxyl groups is 1. The molecular formula is C5H8N2O. The van der Waals surface area contributed by atoms with Gasteiger partial charge < -0.3 is 5.11 Å². The van der Waals surface area contributed by atoms with E-state index in [1.54, 1.807) is 12.3 Å². The largest absolute Gasteiger partial charge is 0.493 e. The second-order valence-corrected chi connectivity index (χ2v) is 1.51. The van der Waals surface area contributed by atoms with E-state index in [0.29, 0.717) is 0 Å². The van der Waals surface area contributed by atoms with Crippen LogP contribution in [0.1, 0.15) is 6.92 Å². The molecule has 0 saturated heterocycles. The molecule has 0 saturated carbocycles. The van der Waals surface area contributed by atoms with Crippen LogP contribution in [0, 0.1) is 0 Å². The zero-order valence-electron chi connectivity index (χ0n) is 4.70. The molecule has 1 heterocycles. The fourth-order valence-electron chi connectivity index (χ4n) is 0.569. The third-order valence-electron chi connectivity index (χ3n) is 0.994. The number of nitrogens with zero attached hydrogens (tertiary/aromatic N) is 2. The fourth-order valence-corrected chi connectivity index (χ4v) is 0.569. The average molecular weight is 112 g/mol. The monoisotopic (exact) mass is 112 g/mol. The Balaban J connectivity index is 2.92. The lowest BCUT2D eigenvalue weighted by Gasteiger charge is -1.93. The van der Waals surface area contributed by atoms with Gasteiger partial charge in [-0.05, 0) is 6.92 Å². The molecule has 44 valence electrons. The van der Waals surface area contributed by atoms with E-state index < -0.39 is 0 Å². The van der Waals surface area contributed by atoms with Gasteiger partial charge in [0.05, 0.1) is 6.20 Å². The summed E-state index contributed by atoms with van der Waals surface area (Å²) >= 11 is 0. The van der Waals surface area contributed by atoms with Gasteiger partial charge in [0.15, 0.2) is 0 Å². The summed E-state index contributed by atoms with van der Waals surface area (Å²) in [6, 6.07) is 1.56. The highest BCUT2D eigenvalue weighted by Gasteiger charge is 1.91. The van der Waals surface area contributed by atoms with Crippen molar-refractivity contribution in [3.63, 3.8) is 0 Å². The summed E-state index contributed by atoms with van der Waals surface area (Å²) < 4.78 is 1.51. The lowest BCUT2D eigenvalue weighted by Crippen LogP contribution is -1.93. The van der Waals surface area contributed by atoms with Gasteiger partial charge in [-0.1, -0.05) is 0 Å². The number of aromatic nitrogens is 2. The van der Waals surface area contributed by atoms with Crippen molar-refractivity contribution in [3.05, 3.63) is 12.3 Å². The van der Waals surface area contributed by atoms with Crippen LogP contribution in [-0.2, 0) is 6.54 Å². The molecule has 0 bridgehead atoms. The Bertz CT molecular complexity index is 171. The Labute approximate surface area is 47.6 Å². The highest BCUT2D eigenvalue weighted by molar-refractivity contribution is 5.03. The topological polar surface area (TPSA) is 38.0 Å². The van der Waals surface area contributed by atoms with Gasteiger partial charge >= 0.3 is 0 Å². The molecule has 8 heavy (non-hydrogen) atoms. The summed E-state index contributed by atoms with van der Waals surface area (Å²) in [4.78, 5) is 0. The first kappa shape index (κ1) is 5.15. The predicted octanol–water partition coefficient (Wildman–Crippen LogP) is 0.609. The highest BCUT2D eigenvalue weighted by Crippen LogP contribution is 2.03. The van der Waals surface area contributed by atoms with Crippen LogP contribution in [0.4, 0.5) is 0 Å². The molecule has 1 rings (SSSR count). The number of rotatable bonds is 1. The summed E-state index contributed by atoms with van der Waals surface area (Å²) in [6.07, 6.45) is 1.57. The smallest absolute Gasteiger partial charge is 0.209 e. The van der Waals surface area contributed by atoms with Gasteiger partial charge in [0.1, 0.15) is 0 Å². The van der Waals surface area contributed by atoms with E-state index in [9.17, 15) is 0 Å². The summed E-state index contributed by atoms with van der Waals surface area (Å²) in [7, 11) is 0.